The van der Waals surface area contributed by atoms with Gasteiger partial charge in [0, 0.05) is 50.2 Å². The zero-order valence-corrected chi connectivity index (χ0v) is 22.1. The van der Waals surface area contributed by atoms with E-state index in [4.69, 9.17) is 9.98 Å². The monoisotopic (exact) mass is 472 g/mol. The zero-order chi connectivity index (χ0) is 25.5. The van der Waals surface area contributed by atoms with Crippen molar-refractivity contribution < 1.29 is 19.8 Å². The Kier molecular flexibility index (Phi) is 9.84. The minimum Gasteiger partial charge on any atom is -0.511 e. The maximum atomic E-state index is 13.0. The molecule has 0 heterocycles. The number of Topliss-reactive ketones (excluding diaryl/α,β-unsaturated/α-hetero) is 2. The van der Waals surface area contributed by atoms with Gasteiger partial charge in [-0.2, -0.15) is 0 Å². The number of aliphatic hydroxyl groups excluding tert-OH is 2. The largest absolute Gasteiger partial charge is 0.511 e. The summed E-state index contributed by atoms with van der Waals surface area (Å²) >= 11 is 0. The van der Waals surface area contributed by atoms with Crippen molar-refractivity contribution in [3.05, 3.63) is 22.7 Å². The third kappa shape index (κ3) is 7.64. The van der Waals surface area contributed by atoms with Crippen LogP contribution in [-0.4, -0.2) is 46.3 Å². The van der Waals surface area contributed by atoms with Crippen molar-refractivity contribution in [2.45, 2.75) is 106 Å². The fourth-order valence-corrected chi connectivity index (χ4v) is 4.78. The predicted octanol–water partition coefficient (Wildman–Crippen LogP) is 6.65. The summed E-state index contributed by atoms with van der Waals surface area (Å²) in [5.41, 5.74) is 1.33. The molecule has 190 valence electrons. The molecule has 0 aliphatic heterocycles. The van der Waals surface area contributed by atoms with E-state index < -0.39 is 0 Å². The first kappa shape index (κ1) is 28.0. The minimum atomic E-state index is -0.274. The van der Waals surface area contributed by atoms with E-state index in [2.05, 4.69) is 13.8 Å². The van der Waals surface area contributed by atoms with Crippen LogP contribution in [0.1, 0.15) is 106 Å². The summed E-state index contributed by atoms with van der Waals surface area (Å²) in [5, 5.41) is 21.6. The number of aliphatic imine (C=N–C) groups is 2. The molecule has 2 N–H and O–H groups in total. The van der Waals surface area contributed by atoms with Gasteiger partial charge in [0.05, 0.1) is 11.1 Å². The summed E-state index contributed by atoms with van der Waals surface area (Å²) in [6.07, 6.45) is 6.18. The topological polar surface area (TPSA) is 99.3 Å². The Labute approximate surface area is 205 Å². The highest BCUT2D eigenvalue weighted by Crippen LogP contribution is 2.38. The summed E-state index contributed by atoms with van der Waals surface area (Å²) in [7, 11) is 0. The molecule has 2 aliphatic carbocycles. The Hall–Kier alpha value is -2.24. The van der Waals surface area contributed by atoms with Crippen LogP contribution in [0.4, 0.5) is 0 Å². The summed E-state index contributed by atoms with van der Waals surface area (Å²) in [6.45, 7) is 13.3. The first-order valence-corrected chi connectivity index (χ1v) is 12.9. The van der Waals surface area contributed by atoms with Crippen LogP contribution in [0.5, 0.6) is 0 Å². The van der Waals surface area contributed by atoms with E-state index in [0.29, 0.717) is 74.2 Å². The summed E-state index contributed by atoms with van der Waals surface area (Å²) in [4.78, 5) is 35.4. The lowest BCUT2D eigenvalue weighted by molar-refractivity contribution is -0.118. The minimum absolute atomic E-state index is 0.0778. The van der Waals surface area contributed by atoms with Crippen LogP contribution in [0.2, 0.25) is 0 Å². The van der Waals surface area contributed by atoms with Gasteiger partial charge in [-0.25, -0.2) is 0 Å². The van der Waals surface area contributed by atoms with Crippen molar-refractivity contribution >= 4 is 23.0 Å². The van der Waals surface area contributed by atoms with E-state index in [-0.39, 0.29) is 33.9 Å². The molecule has 6 heteroatoms. The van der Waals surface area contributed by atoms with Crippen molar-refractivity contribution in [1.82, 2.24) is 0 Å². The van der Waals surface area contributed by atoms with Crippen molar-refractivity contribution in [3.8, 4) is 0 Å². The number of ketones is 2. The molecular weight excluding hydrogens is 428 g/mol. The Bertz CT molecular complexity index is 829. The molecule has 6 nitrogen and oxygen atoms in total. The van der Waals surface area contributed by atoms with Gasteiger partial charge in [0.1, 0.15) is 11.5 Å². The van der Waals surface area contributed by atoms with Gasteiger partial charge >= 0.3 is 0 Å². The average Bonchev–Trinajstić information content (AvgIpc) is 2.68. The van der Waals surface area contributed by atoms with E-state index >= 15 is 0 Å². The fourth-order valence-electron chi connectivity index (χ4n) is 4.78. The molecule has 0 aromatic carbocycles. The predicted molar refractivity (Wildman–Crippen MR) is 139 cm³/mol. The number of unbranched alkanes of at least 4 members (excludes halogenated alkanes) is 2. The van der Waals surface area contributed by atoms with E-state index in [1.54, 1.807) is 0 Å². The second kappa shape index (κ2) is 11.9. The smallest absolute Gasteiger partial charge is 0.168 e. The maximum Gasteiger partial charge on any atom is 0.168 e. The molecule has 0 saturated heterocycles. The average molecular weight is 473 g/mol. The van der Waals surface area contributed by atoms with Crippen molar-refractivity contribution in [2.24, 2.45) is 20.8 Å². The van der Waals surface area contributed by atoms with E-state index in [1.807, 2.05) is 27.7 Å². The van der Waals surface area contributed by atoms with Gasteiger partial charge < -0.3 is 10.2 Å². The van der Waals surface area contributed by atoms with Crippen LogP contribution < -0.4 is 0 Å². The van der Waals surface area contributed by atoms with E-state index in [1.165, 1.54) is 0 Å². The van der Waals surface area contributed by atoms with Crippen molar-refractivity contribution in [2.75, 3.05) is 13.1 Å². The molecule has 0 fully saturated rings. The van der Waals surface area contributed by atoms with E-state index in [9.17, 15) is 19.8 Å². The van der Waals surface area contributed by atoms with Gasteiger partial charge in [0.15, 0.2) is 11.6 Å². The number of carbonyl (C=O) groups excluding carboxylic acids is 2. The first-order valence-electron chi connectivity index (χ1n) is 12.9. The van der Waals surface area contributed by atoms with Gasteiger partial charge in [-0.3, -0.25) is 19.6 Å². The maximum absolute atomic E-state index is 13.0. The SMILES string of the molecule is CCCCN=C(CCC(=NCCCC)C1=C(O)CC(C)(C)CC1=O)C1=C(O)CC(C)(C)CC1=O. The highest BCUT2D eigenvalue weighted by atomic mass is 16.3. The molecule has 34 heavy (non-hydrogen) atoms. The second-order valence-electron chi connectivity index (χ2n) is 11.4. The number of hydrogen-bond donors (Lipinski definition) is 2. The second-order valence-corrected chi connectivity index (χ2v) is 11.4. The normalized spacial score (nSPS) is 21.5. The third-order valence-electron chi connectivity index (χ3n) is 6.51. The van der Waals surface area contributed by atoms with Gasteiger partial charge in [0.2, 0.25) is 0 Å². The molecule has 0 bridgehead atoms. The van der Waals surface area contributed by atoms with Crippen LogP contribution in [0, 0.1) is 10.8 Å². The third-order valence-corrected chi connectivity index (χ3v) is 6.51. The summed E-state index contributed by atoms with van der Waals surface area (Å²) < 4.78 is 0. The van der Waals surface area contributed by atoms with Crippen molar-refractivity contribution in [1.29, 1.82) is 0 Å². The van der Waals surface area contributed by atoms with Gasteiger partial charge in [-0.05, 0) is 36.5 Å². The molecule has 0 aromatic rings. The quantitative estimate of drug-likeness (QED) is 0.260. The number of hydrogen-bond acceptors (Lipinski definition) is 6. The lowest BCUT2D eigenvalue weighted by atomic mass is 9.74. The molecule has 0 atom stereocenters. The molecule has 0 unspecified atom stereocenters. The molecule has 2 aliphatic rings. The number of carbonyl (C=O) groups is 2. The van der Waals surface area contributed by atoms with Crippen LogP contribution >= 0.6 is 0 Å². The Morgan fingerprint density at radius 2 is 1.06 bits per heavy atom. The number of aliphatic hydroxyl groups is 2. The van der Waals surface area contributed by atoms with Crippen LogP contribution in [0.3, 0.4) is 0 Å². The molecule has 2 rings (SSSR count). The van der Waals surface area contributed by atoms with Crippen molar-refractivity contribution in [3.63, 3.8) is 0 Å². The number of rotatable bonds is 11. The molecular formula is C28H44N2O4. The molecule has 0 amide bonds. The Balaban J connectivity index is 2.39. The fraction of sp³-hybridized carbons (Fsp3) is 0.714. The number of nitrogens with zero attached hydrogens (tertiary/aromatic N) is 2. The Morgan fingerprint density at radius 1 is 0.706 bits per heavy atom. The highest BCUT2D eigenvalue weighted by Gasteiger charge is 2.37. The van der Waals surface area contributed by atoms with Gasteiger partial charge in [0.25, 0.3) is 0 Å². The lowest BCUT2D eigenvalue weighted by Crippen LogP contribution is -2.31. The summed E-state index contributed by atoms with van der Waals surface area (Å²) in [5.74, 6) is 0.0640. The van der Waals surface area contributed by atoms with Gasteiger partial charge in [-0.15, -0.1) is 0 Å². The van der Waals surface area contributed by atoms with E-state index in [0.717, 1.165) is 25.7 Å². The molecule has 0 radical (unpaired) electrons. The molecule has 0 aromatic heterocycles. The zero-order valence-electron chi connectivity index (χ0n) is 22.1. The first-order chi connectivity index (χ1) is 15.9. The molecule has 0 saturated carbocycles. The standard InChI is InChI=1S/C28H44N2O4/c1-7-9-13-29-19(25-21(31)15-27(3,4)16-22(25)32)11-12-20(30-14-10-8-2)26-23(33)17-28(5,6)18-24(26)34/h31,33H,7-18H2,1-6H3. The van der Waals surface area contributed by atoms with Crippen LogP contribution in [-0.2, 0) is 9.59 Å². The Morgan fingerprint density at radius 3 is 1.35 bits per heavy atom. The number of allylic oxidation sites excluding steroid dienone is 4. The highest BCUT2D eigenvalue weighted by molar-refractivity contribution is 6.26. The van der Waals surface area contributed by atoms with Crippen LogP contribution in [0.25, 0.3) is 0 Å². The molecule has 0 spiro atoms. The van der Waals surface area contributed by atoms with Gasteiger partial charge in [-0.1, -0.05) is 54.4 Å². The summed E-state index contributed by atoms with van der Waals surface area (Å²) in [6, 6.07) is 0. The van der Waals surface area contributed by atoms with Crippen LogP contribution in [0.15, 0.2) is 32.6 Å². The lowest BCUT2D eigenvalue weighted by Gasteiger charge is -2.31.